The molecule has 0 atom stereocenters. The lowest BCUT2D eigenvalue weighted by molar-refractivity contribution is 0.935. The van der Waals surface area contributed by atoms with Crippen molar-refractivity contribution in [1.82, 2.24) is 15.0 Å². The summed E-state index contributed by atoms with van der Waals surface area (Å²) in [6, 6.07) is 5.67. The molecule has 1 fully saturated rings. The summed E-state index contributed by atoms with van der Waals surface area (Å²) < 4.78 is 0. The van der Waals surface area contributed by atoms with E-state index in [1.807, 2.05) is 12.1 Å². The fourth-order valence-electron chi connectivity index (χ4n) is 1.67. The van der Waals surface area contributed by atoms with Crippen molar-refractivity contribution in [3.63, 3.8) is 0 Å². The van der Waals surface area contributed by atoms with Crippen LogP contribution in [0.25, 0.3) is 11.3 Å². The average Bonchev–Trinajstić information content (AvgIpc) is 3.13. The van der Waals surface area contributed by atoms with E-state index >= 15 is 0 Å². The predicted molar refractivity (Wildman–Crippen MR) is 61.7 cm³/mol. The van der Waals surface area contributed by atoms with Gasteiger partial charge in [0.05, 0.1) is 5.69 Å². The van der Waals surface area contributed by atoms with Gasteiger partial charge in [0.15, 0.2) is 0 Å². The van der Waals surface area contributed by atoms with Gasteiger partial charge in [-0.2, -0.15) is 0 Å². The Kier molecular flexibility index (Phi) is 2.06. The molecule has 16 heavy (non-hydrogen) atoms. The summed E-state index contributed by atoms with van der Waals surface area (Å²) in [5.41, 5.74) is 7.64. The van der Waals surface area contributed by atoms with Crippen LogP contribution >= 0.6 is 0 Å². The van der Waals surface area contributed by atoms with E-state index in [4.69, 9.17) is 5.73 Å². The van der Waals surface area contributed by atoms with Gasteiger partial charge in [0, 0.05) is 29.9 Å². The molecule has 1 aliphatic rings. The summed E-state index contributed by atoms with van der Waals surface area (Å²) in [6.07, 6.45) is 5.89. The predicted octanol–water partition coefficient (Wildman–Crippen LogP) is 2.00. The minimum atomic E-state index is 0.513. The summed E-state index contributed by atoms with van der Waals surface area (Å²) in [5, 5.41) is 0. The van der Waals surface area contributed by atoms with Gasteiger partial charge in [0.25, 0.3) is 0 Å². The van der Waals surface area contributed by atoms with Crippen LogP contribution in [0.15, 0.2) is 30.6 Å². The third-order valence-electron chi connectivity index (χ3n) is 2.66. The molecular formula is C12H12N4. The maximum absolute atomic E-state index is 5.79. The van der Waals surface area contributed by atoms with Crippen LogP contribution in [0.1, 0.15) is 24.6 Å². The van der Waals surface area contributed by atoms with Crippen molar-refractivity contribution in [2.45, 2.75) is 18.8 Å². The summed E-state index contributed by atoms with van der Waals surface area (Å²) in [5.74, 6) is 1.92. The van der Waals surface area contributed by atoms with Crippen molar-refractivity contribution in [3.05, 3.63) is 36.4 Å². The Morgan fingerprint density at radius 1 is 1.25 bits per heavy atom. The molecule has 2 aromatic heterocycles. The van der Waals surface area contributed by atoms with Crippen molar-refractivity contribution in [2.24, 2.45) is 0 Å². The highest BCUT2D eigenvalue weighted by molar-refractivity contribution is 5.60. The van der Waals surface area contributed by atoms with Crippen molar-refractivity contribution in [2.75, 3.05) is 5.73 Å². The molecule has 2 aromatic rings. The highest BCUT2D eigenvalue weighted by atomic mass is 15.0. The van der Waals surface area contributed by atoms with Crippen LogP contribution < -0.4 is 5.73 Å². The van der Waals surface area contributed by atoms with Gasteiger partial charge in [-0.1, -0.05) is 0 Å². The van der Waals surface area contributed by atoms with E-state index in [0.717, 1.165) is 17.1 Å². The Balaban J connectivity index is 2.06. The van der Waals surface area contributed by atoms with Gasteiger partial charge in [0.1, 0.15) is 11.6 Å². The highest BCUT2D eigenvalue weighted by Crippen LogP contribution is 2.38. The van der Waals surface area contributed by atoms with Gasteiger partial charge < -0.3 is 5.73 Å². The molecule has 1 saturated carbocycles. The van der Waals surface area contributed by atoms with E-state index in [9.17, 15) is 0 Å². The van der Waals surface area contributed by atoms with E-state index in [1.165, 1.54) is 12.8 Å². The molecule has 0 unspecified atom stereocenters. The quantitative estimate of drug-likeness (QED) is 0.826. The number of rotatable bonds is 2. The summed E-state index contributed by atoms with van der Waals surface area (Å²) in [7, 11) is 0. The van der Waals surface area contributed by atoms with E-state index < -0.39 is 0 Å². The van der Waals surface area contributed by atoms with Crippen LogP contribution in [0.2, 0.25) is 0 Å². The largest absolute Gasteiger partial charge is 0.384 e. The lowest BCUT2D eigenvalue weighted by atomic mass is 10.2. The highest BCUT2D eigenvalue weighted by Gasteiger charge is 2.27. The van der Waals surface area contributed by atoms with Gasteiger partial charge in [-0.15, -0.1) is 0 Å². The smallest absolute Gasteiger partial charge is 0.134 e. The molecular weight excluding hydrogens is 200 g/mol. The summed E-state index contributed by atoms with van der Waals surface area (Å²) in [6.45, 7) is 0. The second-order valence-corrected chi connectivity index (χ2v) is 4.05. The van der Waals surface area contributed by atoms with Crippen LogP contribution in [-0.4, -0.2) is 15.0 Å². The van der Waals surface area contributed by atoms with Crippen molar-refractivity contribution >= 4 is 5.82 Å². The maximum atomic E-state index is 5.79. The average molecular weight is 212 g/mol. The number of anilines is 1. The zero-order valence-electron chi connectivity index (χ0n) is 8.80. The van der Waals surface area contributed by atoms with Gasteiger partial charge >= 0.3 is 0 Å². The molecule has 1 aliphatic carbocycles. The van der Waals surface area contributed by atoms with Crippen LogP contribution in [0.4, 0.5) is 5.82 Å². The molecule has 2 N–H and O–H groups in total. The molecule has 2 heterocycles. The second-order valence-electron chi connectivity index (χ2n) is 4.05. The van der Waals surface area contributed by atoms with Gasteiger partial charge in [0.2, 0.25) is 0 Å². The molecule has 0 radical (unpaired) electrons. The first-order valence-corrected chi connectivity index (χ1v) is 5.38. The fraction of sp³-hybridized carbons (Fsp3) is 0.250. The lowest BCUT2D eigenvalue weighted by Crippen LogP contribution is -2.00. The first-order chi connectivity index (χ1) is 7.83. The minimum Gasteiger partial charge on any atom is -0.384 e. The van der Waals surface area contributed by atoms with Crippen LogP contribution in [0.3, 0.4) is 0 Å². The Labute approximate surface area is 93.6 Å². The number of nitrogen functional groups attached to an aromatic ring is 1. The summed E-state index contributed by atoms with van der Waals surface area (Å²) in [4.78, 5) is 12.9. The van der Waals surface area contributed by atoms with E-state index in [0.29, 0.717) is 11.7 Å². The fourth-order valence-corrected chi connectivity index (χ4v) is 1.67. The number of nitrogens with zero attached hydrogens (tertiary/aromatic N) is 3. The van der Waals surface area contributed by atoms with Crippen LogP contribution in [-0.2, 0) is 0 Å². The van der Waals surface area contributed by atoms with Crippen molar-refractivity contribution in [3.8, 4) is 11.3 Å². The topological polar surface area (TPSA) is 64.7 Å². The first kappa shape index (κ1) is 9.27. The molecule has 0 amide bonds. The number of pyridine rings is 1. The number of hydrogen-bond donors (Lipinski definition) is 1. The number of aromatic nitrogens is 3. The van der Waals surface area contributed by atoms with Crippen molar-refractivity contribution in [1.29, 1.82) is 0 Å². The van der Waals surface area contributed by atoms with Crippen LogP contribution in [0, 0.1) is 0 Å². The molecule has 0 spiro atoms. The Morgan fingerprint density at radius 3 is 2.81 bits per heavy atom. The maximum Gasteiger partial charge on any atom is 0.134 e. The van der Waals surface area contributed by atoms with E-state index in [-0.39, 0.29) is 0 Å². The Hall–Kier alpha value is -1.97. The zero-order valence-corrected chi connectivity index (χ0v) is 8.80. The molecule has 0 bridgehead atoms. The SMILES string of the molecule is Nc1cc(-c2cccnc2)nc(C2CC2)n1. The van der Waals surface area contributed by atoms with Gasteiger partial charge in [-0.05, 0) is 25.0 Å². The molecule has 4 heteroatoms. The zero-order chi connectivity index (χ0) is 11.0. The first-order valence-electron chi connectivity index (χ1n) is 5.38. The molecule has 3 rings (SSSR count). The number of nitrogens with two attached hydrogens (primary N) is 1. The third kappa shape index (κ3) is 1.74. The van der Waals surface area contributed by atoms with Gasteiger partial charge in [-0.3, -0.25) is 4.98 Å². The van der Waals surface area contributed by atoms with E-state index in [1.54, 1.807) is 18.5 Å². The third-order valence-corrected chi connectivity index (χ3v) is 2.66. The molecule has 0 aliphatic heterocycles. The standard InChI is InChI=1S/C12H12N4/c13-11-6-10(9-2-1-5-14-7-9)15-12(16-11)8-3-4-8/h1-2,5-8H,3-4H2,(H2,13,15,16). The lowest BCUT2D eigenvalue weighted by Gasteiger charge is -2.04. The molecule has 0 aromatic carbocycles. The molecule has 80 valence electrons. The van der Waals surface area contributed by atoms with Crippen LogP contribution in [0.5, 0.6) is 0 Å². The summed E-state index contributed by atoms with van der Waals surface area (Å²) >= 11 is 0. The second kappa shape index (κ2) is 3.56. The number of hydrogen-bond acceptors (Lipinski definition) is 4. The van der Waals surface area contributed by atoms with Gasteiger partial charge in [-0.25, -0.2) is 9.97 Å². The Morgan fingerprint density at radius 2 is 2.12 bits per heavy atom. The normalized spacial score (nSPS) is 15.0. The minimum absolute atomic E-state index is 0.513. The molecule has 4 nitrogen and oxygen atoms in total. The Bertz CT molecular complexity index is 506. The molecule has 0 saturated heterocycles. The monoisotopic (exact) mass is 212 g/mol. The van der Waals surface area contributed by atoms with Crippen molar-refractivity contribution < 1.29 is 0 Å². The van der Waals surface area contributed by atoms with E-state index in [2.05, 4.69) is 15.0 Å².